The molecule has 2 aromatic rings. The minimum atomic E-state index is -0.769. The van der Waals surface area contributed by atoms with E-state index in [0.717, 1.165) is 31.4 Å². The first-order valence-electron chi connectivity index (χ1n) is 8.95. The minimum Gasteiger partial charge on any atom is -0.351 e. The summed E-state index contributed by atoms with van der Waals surface area (Å²) < 4.78 is 1.40. The number of amides is 2. The molecule has 0 bridgehead atoms. The second-order valence-electron chi connectivity index (χ2n) is 6.13. The van der Waals surface area contributed by atoms with Gasteiger partial charge < -0.3 is 22.5 Å². The predicted octanol–water partition coefficient (Wildman–Crippen LogP) is 0.442. The Morgan fingerprint density at radius 2 is 1.81 bits per heavy atom. The summed E-state index contributed by atoms with van der Waals surface area (Å²) in [5.41, 5.74) is 17.5. The molecule has 0 saturated heterocycles. The van der Waals surface area contributed by atoms with Crippen LogP contribution in [0.4, 0.5) is 10.6 Å². The van der Waals surface area contributed by atoms with Crippen LogP contribution in [0.25, 0.3) is 5.69 Å². The molecule has 1 aromatic carbocycles. The normalized spacial score (nSPS) is 11.9. The van der Waals surface area contributed by atoms with Crippen LogP contribution in [-0.4, -0.2) is 35.2 Å². The fourth-order valence-corrected chi connectivity index (χ4v) is 2.75. The Kier molecular flexibility index (Phi) is 7.93. The number of primary amides is 1. The Morgan fingerprint density at radius 1 is 1.11 bits per heavy atom. The summed E-state index contributed by atoms with van der Waals surface area (Å²) in [5.74, 6) is 0.117. The molecule has 9 nitrogen and oxygen atoms in total. The maximum Gasteiger partial charge on any atom is 0.354 e. The Bertz CT molecular complexity index is 789. The lowest BCUT2D eigenvalue weighted by Gasteiger charge is -2.19. The number of anilines is 1. The number of hydrogen-bond acceptors (Lipinski definition) is 6. The number of rotatable bonds is 10. The average Bonchev–Trinajstić information content (AvgIpc) is 2.64. The Hall–Kier alpha value is -2.75. The molecular formula is C18H27N7O2. The zero-order chi connectivity index (χ0) is 19.6. The number of nitrogens with one attached hydrogen (secondary N) is 2. The van der Waals surface area contributed by atoms with Crippen LogP contribution >= 0.6 is 0 Å². The van der Waals surface area contributed by atoms with Gasteiger partial charge in [0.2, 0.25) is 0 Å². The quantitative estimate of drug-likeness (QED) is 0.381. The van der Waals surface area contributed by atoms with Gasteiger partial charge in [0.1, 0.15) is 5.82 Å². The summed E-state index contributed by atoms with van der Waals surface area (Å²) in [7, 11) is 0. The second-order valence-corrected chi connectivity index (χ2v) is 6.13. The zero-order valence-electron chi connectivity index (χ0n) is 15.2. The smallest absolute Gasteiger partial charge is 0.351 e. The predicted molar refractivity (Wildman–Crippen MR) is 106 cm³/mol. The van der Waals surface area contributed by atoms with Crippen LogP contribution in [0.5, 0.6) is 0 Å². The molecule has 27 heavy (non-hydrogen) atoms. The monoisotopic (exact) mass is 373 g/mol. The first-order valence-corrected chi connectivity index (χ1v) is 8.95. The van der Waals surface area contributed by atoms with Crippen molar-refractivity contribution in [3.05, 3.63) is 52.6 Å². The molecule has 0 aliphatic rings. The van der Waals surface area contributed by atoms with Crippen molar-refractivity contribution < 1.29 is 4.79 Å². The Labute approximate surface area is 157 Å². The van der Waals surface area contributed by atoms with Crippen molar-refractivity contribution in [3.8, 4) is 5.69 Å². The van der Waals surface area contributed by atoms with Crippen LogP contribution < -0.4 is 33.5 Å². The highest BCUT2D eigenvalue weighted by atomic mass is 16.2. The molecule has 9 heteroatoms. The summed E-state index contributed by atoms with van der Waals surface area (Å²) in [6.45, 7) is 2.12. The van der Waals surface area contributed by atoms with Gasteiger partial charge in [-0.15, -0.1) is 0 Å². The number of nitrogens with two attached hydrogens (primary N) is 3. The van der Waals surface area contributed by atoms with Crippen molar-refractivity contribution in [2.45, 2.75) is 25.3 Å². The standard InChI is InChI=1S/C18H27N7O2/c19-9-1-3-15(22-11-2-10-20)13-4-6-14(7-5-13)25-12-8-16(23-17(21)26)24-18(25)27/h4-8,12,15,22H,1-3,9-11,19-20H2,(H3,21,23,24,26,27). The van der Waals surface area contributed by atoms with Gasteiger partial charge in [0.15, 0.2) is 0 Å². The van der Waals surface area contributed by atoms with E-state index in [-0.39, 0.29) is 11.9 Å². The van der Waals surface area contributed by atoms with Gasteiger partial charge >= 0.3 is 11.7 Å². The van der Waals surface area contributed by atoms with Crippen molar-refractivity contribution in [2.24, 2.45) is 17.2 Å². The third kappa shape index (κ3) is 6.17. The number of benzene rings is 1. The summed E-state index contributed by atoms with van der Waals surface area (Å²) in [4.78, 5) is 26.8. The Morgan fingerprint density at radius 3 is 2.41 bits per heavy atom. The lowest BCUT2D eigenvalue weighted by Crippen LogP contribution is -2.26. The van der Waals surface area contributed by atoms with Gasteiger partial charge in [-0.25, -0.2) is 9.59 Å². The number of urea groups is 1. The lowest BCUT2D eigenvalue weighted by molar-refractivity contribution is 0.259. The maximum atomic E-state index is 12.2. The van der Waals surface area contributed by atoms with Crippen LogP contribution in [0.2, 0.25) is 0 Å². The van der Waals surface area contributed by atoms with Gasteiger partial charge in [0.25, 0.3) is 0 Å². The van der Waals surface area contributed by atoms with Crippen molar-refractivity contribution in [1.82, 2.24) is 14.9 Å². The van der Waals surface area contributed by atoms with Crippen molar-refractivity contribution in [1.29, 1.82) is 0 Å². The Balaban J connectivity index is 2.16. The summed E-state index contributed by atoms with van der Waals surface area (Å²) in [6, 6.07) is 8.61. The molecule has 0 spiro atoms. The SMILES string of the molecule is NCCCNC(CCCN)c1ccc(-n2ccc(NC(N)=O)nc2=O)cc1. The third-order valence-corrected chi connectivity index (χ3v) is 4.10. The number of nitrogens with zero attached hydrogens (tertiary/aromatic N) is 2. The van der Waals surface area contributed by atoms with E-state index in [2.05, 4.69) is 15.6 Å². The van der Waals surface area contributed by atoms with Gasteiger partial charge in [-0.1, -0.05) is 12.1 Å². The molecular weight excluding hydrogens is 346 g/mol. The van der Waals surface area contributed by atoms with Gasteiger partial charge in [-0.2, -0.15) is 4.98 Å². The van der Waals surface area contributed by atoms with E-state index >= 15 is 0 Å². The first kappa shape index (κ1) is 20.6. The van der Waals surface area contributed by atoms with E-state index < -0.39 is 11.7 Å². The molecule has 1 unspecified atom stereocenters. The molecule has 2 amide bonds. The highest BCUT2D eigenvalue weighted by Crippen LogP contribution is 2.20. The van der Waals surface area contributed by atoms with E-state index in [1.54, 1.807) is 6.20 Å². The largest absolute Gasteiger partial charge is 0.354 e. The molecule has 0 radical (unpaired) electrons. The number of carbonyl (C=O) groups excluding carboxylic acids is 1. The van der Waals surface area contributed by atoms with Gasteiger partial charge in [0.05, 0.1) is 5.69 Å². The summed E-state index contributed by atoms with van der Waals surface area (Å²) in [5, 5.41) is 5.78. The highest BCUT2D eigenvalue weighted by molar-refractivity contribution is 5.86. The molecule has 1 heterocycles. The molecule has 0 aliphatic carbocycles. The second kappa shape index (κ2) is 10.4. The van der Waals surface area contributed by atoms with Gasteiger partial charge in [-0.3, -0.25) is 9.88 Å². The van der Waals surface area contributed by atoms with E-state index in [9.17, 15) is 9.59 Å². The molecule has 146 valence electrons. The van der Waals surface area contributed by atoms with Gasteiger partial charge in [0, 0.05) is 12.2 Å². The number of carbonyl (C=O) groups is 1. The van der Waals surface area contributed by atoms with Gasteiger partial charge in [-0.05, 0) is 62.7 Å². The fourth-order valence-electron chi connectivity index (χ4n) is 2.75. The van der Waals surface area contributed by atoms with Crippen molar-refractivity contribution in [3.63, 3.8) is 0 Å². The molecule has 0 saturated carbocycles. The van der Waals surface area contributed by atoms with E-state index in [1.807, 2.05) is 24.3 Å². The topological polar surface area (TPSA) is 154 Å². The van der Waals surface area contributed by atoms with Crippen LogP contribution in [0.15, 0.2) is 41.3 Å². The number of hydrogen-bond donors (Lipinski definition) is 5. The van der Waals surface area contributed by atoms with Crippen LogP contribution in [0.3, 0.4) is 0 Å². The molecule has 0 aliphatic heterocycles. The molecule has 1 aromatic heterocycles. The average molecular weight is 373 g/mol. The zero-order valence-corrected chi connectivity index (χ0v) is 15.2. The first-order chi connectivity index (χ1) is 13.0. The van der Waals surface area contributed by atoms with Crippen LogP contribution in [0.1, 0.15) is 30.9 Å². The molecule has 2 rings (SSSR count). The van der Waals surface area contributed by atoms with Crippen molar-refractivity contribution >= 4 is 11.8 Å². The lowest BCUT2D eigenvalue weighted by atomic mass is 10.0. The van der Waals surface area contributed by atoms with E-state index in [0.29, 0.717) is 18.8 Å². The van der Waals surface area contributed by atoms with Crippen molar-refractivity contribution in [2.75, 3.05) is 25.0 Å². The third-order valence-electron chi connectivity index (χ3n) is 4.10. The van der Waals surface area contributed by atoms with E-state index in [1.165, 1.54) is 10.6 Å². The van der Waals surface area contributed by atoms with E-state index in [4.69, 9.17) is 17.2 Å². The number of aromatic nitrogens is 2. The van der Waals surface area contributed by atoms with Crippen LogP contribution in [0, 0.1) is 0 Å². The highest BCUT2D eigenvalue weighted by Gasteiger charge is 2.11. The molecule has 1 atom stereocenters. The summed E-state index contributed by atoms with van der Waals surface area (Å²) >= 11 is 0. The minimum absolute atomic E-state index is 0.117. The molecule has 0 fully saturated rings. The molecule has 8 N–H and O–H groups in total. The fraction of sp³-hybridized carbons (Fsp3) is 0.389. The van der Waals surface area contributed by atoms with Crippen LogP contribution in [-0.2, 0) is 0 Å². The maximum absolute atomic E-state index is 12.2. The summed E-state index contributed by atoms with van der Waals surface area (Å²) in [6.07, 6.45) is 4.29.